The summed E-state index contributed by atoms with van der Waals surface area (Å²) in [5, 5.41) is 0. The SMILES string of the molecule is CCC1CN(C)CCCN1C(=O)C(F)(F)C(F)(F)F. The summed E-state index contributed by atoms with van der Waals surface area (Å²) in [7, 11) is 1.75. The number of alkyl halides is 5. The highest BCUT2D eigenvalue weighted by molar-refractivity contribution is 5.84. The fourth-order valence-electron chi connectivity index (χ4n) is 2.16. The molecule has 112 valence electrons. The second-order valence-electron chi connectivity index (χ2n) is 4.75. The Morgan fingerprint density at radius 3 is 2.26 bits per heavy atom. The van der Waals surface area contributed by atoms with Gasteiger partial charge >= 0.3 is 18.0 Å². The Hall–Kier alpha value is -0.920. The fourth-order valence-corrected chi connectivity index (χ4v) is 2.16. The van der Waals surface area contributed by atoms with Crippen LogP contribution in [0.1, 0.15) is 19.8 Å². The summed E-state index contributed by atoms with van der Waals surface area (Å²) in [5.41, 5.74) is 0. The van der Waals surface area contributed by atoms with Crippen molar-refractivity contribution in [3.05, 3.63) is 0 Å². The average Bonchev–Trinajstić information content (AvgIpc) is 2.47. The fraction of sp³-hybridized carbons (Fsp3) is 0.909. The summed E-state index contributed by atoms with van der Waals surface area (Å²) in [4.78, 5) is 14.0. The molecule has 1 saturated heterocycles. The minimum absolute atomic E-state index is 0.0760. The second kappa shape index (κ2) is 5.60. The topological polar surface area (TPSA) is 23.6 Å². The zero-order valence-electron chi connectivity index (χ0n) is 10.8. The lowest BCUT2D eigenvalue weighted by Crippen LogP contribution is -2.55. The zero-order chi connectivity index (χ0) is 14.8. The molecule has 0 radical (unpaired) electrons. The number of nitrogens with zero attached hydrogens (tertiary/aromatic N) is 2. The Labute approximate surface area is 108 Å². The van der Waals surface area contributed by atoms with Crippen molar-refractivity contribution in [1.29, 1.82) is 0 Å². The molecule has 1 aliphatic heterocycles. The van der Waals surface area contributed by atoms with E-state index in [1.165, 1.54) is 0 Å². The van der Waals surface area contributed by atoms with E-state index in [1.54, 1.807) is 14.0 Å². The predicted octanol–water partition coefficient (Wildman–Crippen LogP) is 2.13. The molecule has 0 aromatic rings. The van der Waals surface area contributed by atoms with Gasteiger partial charge in [-0.2, -0.15) is 22.0 Å². The highest BCUT2D eigenvalue weighted by atomic mass is 19.4. The molecule has 3 nitrogen and oxygen atoms in total. The van der Waals surface area contributed by atoms with E-state index in [1.807, 2.05) is 4.90 Å². The third-order valence-corrected chi connectivity index (χ3v) is 3.26. The summed E-state index contributed by atoms with van der Waals surface area (Å²) < 4.78 is 63.0. The summed E-state index contributed by atoms with van der Waals surface area (Å²) >= 11 is 0. The lowest BCUT2D eigenvalue weighted by molar-refractivity contribution is -0.275. The first-order valence-corrected chi connectivity index (χ1v) is 6.05. The first-order chi connectivity index (χ1) is 8.61. The molecule has 1 heterocycles. The van der Waals surface area contributed by atoms with E-state index in [2.05, 4.69) is 0 Å². The van der Waals surface area contributed by atoms with Crippen LogP contribution in [0.2, 0.25) is 0 Å². The predicted molar refractivity (Wildman–Crippen MR) is 58.9 cm³/mol. The van der Waals surface area contributed by atoms with E-state index in [0.717, 1.165) is 0 Å². The molecule has 1 amide bonds. The van der Waals surface area contributed by atoms with Crippen LogP contribution in [-0.2, 0) is 4.79 Å². The molecule has 8 heteroatoms. The number of carbonyl (C=O) groups excluding carboxylic acids is 1. The Kier molecular flexibility index (Phi) is 4.76. The Bertz CT molecular complexity index is 332. The quantitative estimate of drug-likeness (QED) is 0.727. The van der Waals surface area contributed by atoms with Gasteiger partial charge in [-0.3, -0.25) is 4.79 Å². The van der Waals surface area contributed by atoms with E-state index < -0.39 is 24.0 Å². The van der Waals surface area contributed by atoms with Gasteiger partial charge < -0.3 is 9.80 Å². The number of amides is 1. The zero-order valence-corrected chi connectivity index (χ0v) is 10.8. The summed E-state index contributed by atoms with van der Waals surface area (Å²) in [6.45, 7) is 2.46. The van der Waals surface area contributed by atoms with Gasteiger partial charge in [-0.1, -0.05) is 6.92 Å². The van der Waals surface area contributed by atoms with Crippen molar-refractivity contribution >= 4 is 5.91 Å². The molecule has 1 atom stereocenters. The van der Waals surface area contributed by atoms with E-state index in [4.69, 9.17) is 0 Å². The largest absolute Gasteiger partial charge is 0.463 e. The average molecular weight is 288 g/mol. The first-order valence-electron chi connectivity index (χ1n) is 6.05. The van der Waals surface area contributed by atoms with Crippen molar-refractivity contribution in [3.63, 3.8) is 0 Å². The van der Waals surface area contributed by atoms with Crippen LogP contribution in [0.3, 0.4) is 0 Å². The molecule has 0 aliphatic carbocycles. The number of rotatable bonds is 2. The van der Waals surface area contributed by atoms with Crippen LogP contribution < -0.4 is 0 Å². The lowest BCUT2D eigenvalue weighted by atomic mass is 10.1. The standard InChI is InChI=1S/C11H17F5N2O/c1-3-8-7-17(2)5-4-6-18(8)9(19)10(12,13)11(14,15)16/h8H,3-7H2,1-2H3. The normalized spacial score (nSPS) is 23.3. The van der Waals surface area contributed by atoms with Crippen LogP contribution in [0.15, 0.2) is 0 Å². The molecule has 0 N–H and O–H groups in total. The van der Waals surface area contributed by atoms with Gasteiger partial charge in [0, 0.05) is 19.1 Å². The number of hydrogen-bond acceptors (Lipinski definition) is 2. The molecular formula is C11H17F5N2O. The molecular weight excluding hydrogens is 271 g/mol. The Balaban J connectivity index is 2.95. The summed E-state index contributed by atoms with van der Waals surface area (Å²) in [6, 6.07) is -0.617. The van der Waals surface area contributed by atoms with Gasteiger partial charge in [0.05, 0.1) is 0 Å². The monoisotopic (exact) mass is 288 g/mol. The lowest BCUT2D eigenvalue weighted by Gasteiger charge is -2.33. The molecule has 1 aliphatic rings. The maximum absolute atomic E-state index is 13.1. The van der Waals surface area contributed by atoms with Gasteiger partial charge in [0.2, 0.25) is 0 Å². The molecule has 0 spiro atoms. The molecule has 0 aromatic carbocycles. The van der Waals surface area contributed by atoms with Gasteiger partial charge in [0.1, 0.15) is 0 Å². The van der Waals surface area contributed by atoms with Crippen molar-refractivity contribution in [3.8, 4) is 0 Å². The highest BCUT2D eigenvalue weighted by Crippen LogP contribution is 2.37. The van der Waals surface area contributed by atoms with Crippen LogP contribution in [0.5, 0.6) is 0 Å². The molecule has 1 fully saturated rings. The number of carbonyl (C=O) groups is 1. The molecule has 0 aromatic heterocycles. The molecule has 1 unspecified atom stereocenters. The molecule has 1 rings (SSSR count). The molecule has 19 heavy (non-hydrogen) atoms. The summed E-state index contributed by atoms with van der Waals surface area (Å²) in [5.74, 6) is -7.45. The first kappa shape index (κ1) is 16.1. The number of halogens is 5. The highest BCUT2D eigenvalue weighted by Gasteiger charge is 2.65. The second-order valence-corrected chi connectivity index (χ2v) is 4.75. The van der Waals surface area contributed by atoms with Gasteiger partial charge in [0.15, 0.2) is 0 Å². The van der Waals surface area contributed by atoms with Gasteiger partial charge in [-0.25, -0.2) is 0 Å². The van der Waals surface area contributed by atoms with Crippen molar-refractivity contribution in [2.24, 2.45) is 0 Å². The minimum atomic E-state index is -5.85. The third-order valence-electron chi connectivity index (χ3n) is 3.26. The van der Waals surface area contributed by atoms with Crippen LogP contribution in [-0.4, -0.2) is 60.5 Å². The Morgan fingerprint density at radius 2 is 1.79 bits per heavy atom. The van der Waals surface area contributed by atoms with Crippen molar-refractivity contribution < 1.29 is 26.7 Å². The smallest absolute Gasteiger partial charge is 0.333 e. The van der Waals surface area contributed by atoms with Crippen LogP contribution in [0.25, 0.3) is 0 Å². The van der Waals surface area contributed by atoms with Crippen molar-refractivity contribution in [1.82, 2.24) is 9.80 Å². The van der Waals surface area contributed by atoms with Gasteiger partial charge in [-0.05, 0) is 26.4 Å². The summed E-state index contributed by atoms with van der Waals surface area (Å²) in [6.07, 6.45) is -5.13. The van der Waals surface area contributed by atoms with Gasteiger partial charge in [0.25, 0.3) is 0 Å². The van der Waals surface area contributed by atoms with E-state index in [9.17, 15) is 26.7 Å². The van der Waals surface area contributed by atoms with Crippen LogP contribution >= 0.6 is 0 Å². The van der Waals surface area contributed by atoms with Gasteiger partial charge in [-0.15, -0.1) is 0 Å². The van der Waals surface area contributed by atoms with Crippen molar-refractivity contribution in [2.75, 3.05) is 26.7 Å². The van der Waals surface area contributed by atoms with Crippen LogP contribution in [0, 0.1) is 0 Å². The molecule has 0 bridgehead atoms. The van der Waals surface area contributed by atoms with Crippen LogP contribution in [0.4, 0.5) is 22.0 Å². The molecule has 0 saturated carbocycles. The maximum atomic E-state index is 13.1. The van der Waals surface area contributed by atoms with E-state index in [0.29, 0.717) is 30.8 Å². The Morgan fingerprint density at radius 1 is 1.21 bits per heavy atom. The maximum Gasteiger partial charge on any atom is 0.463 e. The van der Waals surface area contributed by atoms with E-state index >= 15 is 0 Å². The number of hydrogen-bond donors (Lipinski definition) is 0. The van der Waals surface area contributed by atoms with Crippen molar-refractivity contribution in [2.45, 2.75) is 37.9 Å². The minimum Gasteiger partial charge on any atom is -0.333 e. The third kappa shape index (κ3) is 3.34. The van der Waals surface area contributed by atoms with E-state index in [-0.39, 0.29) is 6.54 Å². The number of likely N-dealkylation sites (N-methyl/N-ethyl adjacent to an activating group) is 1.